The Hall–Kier alpha value is -2.90. The highest BCUT2D eigenvalue weighted by Crippen LogP contribution is 2.18. The van der Waals surface area contributed by atoms with Gasteiger partial charge in [-0.2, -0.15) is 0 Å². The molecule has 0 saturated heterocycles. The number of aromatic carboxylic acids is 4. The van der Waals surface area contributed by atoms with Crippen molar-refractivity contribution in [1.82, 2.24) is 0 Å². The first kappa shape index (κ1) is 8.23. The van der Waals surface area contributed by atoms with Crippen molar-refractivity contribution >= 4 is 23.9 Å². The quantitative estimate of drug-likeness (QED) is 0.609. The Balaban J connectivity index is 4.07. The number of carbonyl (C=O) groups is 4. The second kappa shape index (κ2) is 4.53. The summed E-state index contributed by atoms with van der Waals surface area (Å²) in [5.41, 5.74) is -4.78. The summed E-state index contributed by atoms with van der Waals surface area (Å²) in [7, 11) is 0. The lowest BCUT2D eigenvalue weighted by molar-refractivity contribution is 0.0637. The number of hydrogen-bond donors (Lipinski definition) is 4. The van der Waals surface area contributed by atoms with E-state index in [1.165, 1.54) is 0 Å². The summed E-state index contributed by atoms with van der Waals surface area (Å²) in [6.45, 7) is 0. The van der Waals surface area contributed by atoms with Crippen LogP contribution < -0.4 is 0 Å². The average molecular weight is 258 g/mol. The summed E-state index contributed by atoms with van der Waals surface area (Å²) in [5, 5.41) is 25.0. The van der Waals surface area contributed by atoms with Crippen molar-refractivity contribution in [2.24, 2.45) is 0 Å². The van der Waals surface area contributed by atoms with Crippen LogP contribution in [0.25, 0.3) is 2.86 Å². The molecule has 0 aromatic heterocycles. The molecule has 0 aliphatic heterocycles. The van der Waals surface area contributed by atoms with Gasteiger partial charge in [0.15, 0.2) is 0 Å². The van der Waals surface area contributed by atoms with Crippen LogP contribution in [0.5, 0.6) is 0 Å². The maximum atomic E-state index is 11.5. The van der Waals surface area contributed by atoms with Gasteiger partial charge in [0.25, 0.3) is 2.86 Å². The van der Waals surface area contributed by atoms with E-state index >= 15 is 0 Å². The lowest BCUT2D eigenvalue weighted by Gasteiger charge is -2.06. The van der Waals surface area contributed by atoms with Gasteiger partial charge < -0.3 is 20.4 Å². The summed E-state index contributed by atoms with van der Waals surface area (Å²) < 4.78 is 28.1. The smallest absolute Gasteiger partial charge is 0.336 e. The Labute approximate surface area is 105 Å². The molecule has 0 bridgehead atoms. The minimum absolute atomic E-state index is 1.15. The van der Waals surface area contributed by atoms with Crippen molar-refractivity contribution in [2.45, 2.75) is 0 Å². The topological polar surface area (TPSA) is 149 Å². The van der Waals surface area contributed by atoms with Gasteiger partial charge in [-0.05, 0) is 12.1 Å². The predicted molar refractivity (Wildman–Crippen MR) is 54.3 cm³/mol. The van der Waals surface area contributed by atoms with Crippen molar-refractivity contribution in [1.29, 1.82) is 2.86 Å². The van der Waals surface area contributed by atoms with Crippen LogP contribution in [0, 0.1) is 0 Å². The normalized spacial score (nSPS) is 12.4. The Morgan fingerprint density at radius 1 is 0.778 bits per heavy atom. The molecule has 0 fully saturated rings. The Morgan fingerprint density at radius 3 is 1.28 bits per heavy atom. The molecule has 94 valence electrons. The fourth-order valence-electron chi connectivity index (χ4n) is 1.13. The number of rotatable bonds is 4. The van der Waals surface area contributed by atoms with Gasteiger partial charge in [0.05, 0.1) is 25.0 Å². The third kappa shape index (κ3) is 2.26. The Kier molecular flexibility index (Phi) is 2.07. The van der Waals surface area contributed by atoms with Crippen molar-refractivity contribution in [2.75, 3.05) is 0 Å². The van der Waals surface area contributed by atoms with Gasteiger partial charge in [-0.1, -0.05) is 0 Å². The molecule has 0 unspecified atom stereocenters. The molecule has 0 aliphatic carbocycles. The Bertz CT molecular complexity index is 640. The Morgan fingerprint density at radius 2 is 1.06 bits per heavy atom. The van der Waals surface area contributed by atoms with E-state index in [2.05, 4.69) is 10.2 Å². The molecule has 1 aromatic carbocycles. The summed E-state index contributed by atoms with van der Waals surface area (Å²) in [4.78, 5) is 45.1. The molecule has 0 aliphatic rings. The SMILES string of the molecule is [2H]OC(=O)c1c([2H])c(C(=O)O)c(C(=O)O)c([2H])c1C(=O)O[2H]. The highest BCUT2D eigenvalue weighted by Gasteiger charge is 2.24. The van der Waals surface area contributed by atoms with Gasteiger partial charge in [0.2, 0.25) is 0 Å². The fourth-order valence-corrected chi connectivity index (χ4v) is 1.13. The molecule has 0 saturated carbocycles. The zero-order chi connectivity index (χ0) is 17.2. The first-order valence-electron chi connectivity index (χ1n) is 5.99. The maximum Gasteiger partial charge on any atom is 0.336 e. The molecule has 8 heteroatoms. The third-order valence-electron chi connectivity index (χ3n) is 1.84. The molecule has 4 N–H and O–H groups in total. The molecule has 0 atom stereocenters. The molecular formula is C10H6O8. The van der Waals surface area contributed by atoms with Crippen LogP contribution in [0.1, 0.15) is 44.2 Å². The van der Waals surface area contributed by atoms with E-state index in [1.54, 1.807) is 0 Å². The van der Waals surface area contributed by atoms with Crippen molar-refractivity contribution in [3.63, 3.8) is 0 Å². The summed E-state index contributed by atoms with van der Waals surface area (Å²) in [5.74, 6) is -7.25. The van der Waals surface area contributed by atoms with Crippen LogP contribution in [-0.2, 0) is 0 Å². The molecular weight excluding hydrogens is 248 g/mol. The van der Waals surface area contributed by atoms with Crippen molar-refractivity contribution in [3.8, 4) is 0 Å². The highest BCUT2D eigenvalue weighted by atomic mass is 16.4. The van der Waals surface area contributed by atoms with Crippen LogP contribution in [0.2, 0.25) is 0 Å². The predicted octanol–water partition coefficient (Wildman–Crippen LogP) is 0.479. The third-order valence-corrected chi connectivity index (χ3v) is 1.84. The molecule has 1 rings (SSSR count). The van der Waals surface area contributed by atoms with Crippen molar-refractivity contribution in [3.05, 3.63) is 34.3 Å². The highest BCUT2D eigenvalue weighted by molar-refractivity contribution is 6.09. The molecule has 0 spiro atoms. The lowest BCUT2D eigenvalue weighted by Crippen LogP contribution is -2.15. The number of carboxylic acids is 4. The van der Waals surface area contributed by atoms with Gasteiger partial charge in [0, 0.05) is 0 Å². The van der Waals surface area contributed by atoms with E-state index in [0.717, 1.165) is 0 Å². The number of carboxylic acid groups (broad SMARTS) is 4. The zero-order valence-corrected chi connectivity index (χ0v) is 8.34. The largest absolute Gasteiger partial charge is 0.478 e. The fraction of sp³-hybridized carbons (Fsp3) is 0. The van der Waals surface area contributed by atoms with Gasteiger partial charge in [-0.25, -0.2) is 19.2 Å². The van der Waals surface area contributed by atoms with E-state index < -0.39 is 58.2 Å². The van der Waals surface area contributed by atoms with Crippen LogP contribution in [-0.4, -0.2) is 44.3 Å². The van der Waals surface area contributed by atoms with Gasteiger partial charge in [-0.3, -0.25) is 0 Å². The first-order valence-corrected chi connectivity index (χ1v) is 4.17. The lowest BCUT2D eigenvalue weighted by atomic mass is 9.98. The van der Waals surface area contributed by atoms with Gasteiger partial charge in [0.1, 0.15) is 0 Å². The van der Waals surface area contributed by atoms with Gasteiger partial charge >= 0.3 is 23.9 Å². The molecule has 0 radical (unpaired) electrons. The average Bonchev–Trinajstić information content (AvgIpc) is 2.45. The first-order chi connectivity index (χ1) is 10.2. The summed E-state index contributed by atoms with van der Waals surface area (Å²) in [6.07, 6.45) is 0. The number of benzene rings is 1. The minimum atomic E-state index is -1.94. The van der Waals surface area contributed by atoms with Crippen LogP contribution in [0.15, 0.2) is 12.1 Å². The molecule has 0 heterocycles. The molecule has 1 aromatic rings. The van der Waals surface area contributed by atoms with E-state index in [1.807, 2.05) is 0 Å². The summed E-state index contributed by atoms with van der Waals surface area (Å²) >= 11 is 0. The standard InChI is InChI=1S/C10H6O8/c11-7(12)3-1-4(8(13)14)6(10(17)18)2-5(3)9(15)16/h1-2H,(H,11,12)(H,13,14)(H,15,16)(H,17,18)/i1D,2D/hD2. The van der Waals surface area contributed by atoms with Gasteiger partial charge in [-0.15, -0.1) is 0 Å². The number of hydrogen-bond acceptors (Lipinski definition) is 6. The van der Waals surface area contributed by atoms with Crippen molar-refractivity contribution < 1.29 is 42.4 Å². The zero-order valence-electron chi connectivity index (χ0n) is 12.3. The summed E-state index contributed by atoms with van der Waals surface area (Å²) in [6, 6.07) is -2.50. The van der Waals surface area contributed by atoms with E-state index in [-0.39, 0.29) is 0 Å². The molecule has 0 amide bonds. The second-order valence-corrected chi connectivity index (χ2v) is 2.94. The van der Waals surface area contributed by atoms with Crippen LogP contribution in [0.4, 0.5) is 0 Å². The van der Waals surface area contributed by atoms with Crippen LogP contribution >= 0.6 is 0 Å². The van der Waals surface area contributed by atoms with E-state index in [0.29, 0.717) is 0 Å². The molecule has 18 heavy (non-hydrogen) atoms. The molecule has 8 nitrogen and oxygen atoms in total. The minimum Gasteiger partial charge on any atom is -0.478 e. The monoisotopic (exact) mass is 258 g/mol. The van der Waals surface area contributed by atoms with E-state index in [9.17, 15) is 19.2 Å². The van der Waals surface area contributed by atoms with E-state index in [4.69, 9.17) is 15.8 Å². The van der Waals surface area contributed by atoms with Crippen LogP contribution in [0.3, 0.4) is 0 Å². The second-order valence-electron chi connectivity index (χ2n) is 2.94. The maximum absolute atomic E-state index is 11.5.